The molecule has 4 aromatic rings. The number of aromatic nitrogens is 3. The molecule has 1 aliphatic heterocycles. The maximum Gasteiger partial charge on any atom is 0.274 e. The smallest absolute Gasteiger partial charge is 0.274 e. The van der Waals surface area contributed by atoms with E-state index in [9.17, 15) is 23.0 Å². The molecule has 40 heavy (non-hydrogen) atoms. The Morgan fingerprint density at radius 2 is 1.85 bits per heavy atom. The minimum atomic E-state index is -4.05. The maximum atomic E-state index is 14.8. The van der Waals surface area contributed by atoms with Crippen LogP contribution in [-0.2, 0) is 21.6 Å². The number of nitrogens with zero attached hydrogens (tertiary/aromatic N) is 3. The van der Waals surface area contributed by atoms with E-state index in [1.54, 1.807) is 6.07 Å². The average molecular weight is 569 g/mol. The number of hydrogen-bond donors (Lipinski definition) is 5. The average Bonchev–Trinajstić information content (AvgIpc) is 3.43. The van der Waals surface area contributed by atoms with Crippen molar-refractivity contribution in [2.24, 2.45) is 5.14 Å². The predicted octanol–water partition coefficient (Wildman–Crippen LogP) is 0.544. The van der Waals surface area contributed by atoms with E-state index in [4.69, 9.17) is 20.3 Å². The lowest BCUT2D eigenvalue weighted by Crippen LogP contribution is -2.42. The third-order valence-electron chi connectivity index (χ3n) is 6.26. The normalized spacial score (nSPS) is 20.8. The van der Waals surface area contributed by atoms with Gasteiger partial charge < -0.3 is 30.0 Å². The number of aliphatic hydroxyl groups excluding tert-OH is 2. The van der Waals surface area contributed by atoms with Crippen LogP contribution >= 0.6 is 0 Å². The fraction of sp³-hybridized carbons (Fsp3) is 0.231. The van der Waals surface area contributed by atoms with Gasteiger partial charge in [-0.05, 0) is 17.7 Å². The molecule has 12 nitrogen and oxygen atoms in total. The Morgan fingerprint density at radius 3 is 2.58 bits per heavy atom. The molecule has 1 fully saturated rings. The first kappa shape index (κ1) is 27.5. The van der Waals surface area contributed by atoms with E-state index in [0.29, 0.717) is 16.7 Å². The molecule has 14 heteroatoms. The molecule has 0 saturated carbocycles. The summed E-state index contributed by atoms with van der Waals surface area (Å²) in [7, 11) is -4.05. The number of ether oxygens (including phenoxy) is 2. The Morgan fingerprint density at radius 1 is 1.10 bits per heavy atom. The SMILES string of the molecule is Nc1ncnc2c1c(C#Cc1ccc(OCc3ccccc3)cc1F)cn2[C@@H]1O[C@H](CNS(N)(=O)=O)[C@@H](O)[C@H]1O. The van der Waals surface area contributed by atoms with Gasteiger partial charge in [-0.2, -0.15) is 13.1 Å². The summed E-state index contributed by atoms with van der Waals surface area (Å²) >= 11 is 0. The molecular weight excluding hydrogens is 543 g/mol. The summed E-state index contributed by atoms with van der Waals surface area (Å²) in [4.78, 5) is 8.21. The van der Waals surface area contributed by atoms with Gasteiger partial charge in [-0.25, -0.2) is 19.5 Å². The van der Waals surface area contributed by atoms with Crippen molar-refractivity contribution in [3.05, 3.63) is 83.6 Å². The molecule has 1 saturated heterocycles. The second-order valence-corrected chi connectivity index (χ2v) is 10.4. The van der Waals surface area contributed by atoms with Crippen molar-refractivity contribution in [1.82, 2.24) is 19.3 Å². The molecule has 3 heterocycles. The zero-order chi connectivity index (χ0) is 28.4. The highest BCUT2D eigenvalue weighted by molar-refractivity contribution is 7.87. The predicted molar refractivity (Wildman–Crippen MR) is 142 cm³/mol. The Bertz CT molecular complexity index is 1710. The number of rotatable bonds is 7. The lowest BCUT2D eigenvalue weighted by Gasteiger charge is -2.17. The fourth-order valence-corrected chi connectivity index (χ4v) is 4.68. The van der Waals surface area contributed by atoms with Gasteiger partial charge in [0.05, 0.1) is 16.5 Å². The third kappa shape index (κ3) is 5.89. The van der Waals surface area contributed by atoms with Crippen molar-refractivity contribution in [2.75, 3.05) is 12.3 Å². The van der Waals surface area contributed by atoms with Gasteiger partial charge in [0.15, 0.2) is 6.23 Å². The monoisotopic (exact) mass is 568 g/mol. The zero-order valence-corrected chi connectivity index (χ0v) is 21.6. The molecule has 0 unspecified atom stereocenters. The van der Waals surface area contributed by atoms with Gasteiger partial charge in [0.1, 0.15) is 54.3 Å². The van der Waals surface area contributed by atoms with Crippen LogP contribution in [-0.4, -0.2) is 58.0 Å². The standard InChI is InChI=1S/C26H25FN6O6S/c27-19-10-18(38-13-15-4-2-1-3-5-15)9-8-16(19)6-7-17-12-33(25-21(17)24(28)30-14-31-25)26-23(35)22(34)20(39-26)11-32-40(29,36)37/h1-5,8-10,12,14,20,22-23,26,32,34-35H,11,13H2,(H2,28,30,31)(H2,29,36,37)/t20-,22-,23-,26-/m1/s1. The number of halogens is 1. The van der Waals surface area contributed by atoms with Crippen LogP contribution in [0.15, 0.2) is 61.1 Å². The lowest BCUT2D eigenvalue weighted by atomic mass is 10.1. The quantitative estimate of drug-likeness (QED) is 0.198. The number of hydrogen-bond acceptors (Lipinski definition) is 9. The summed E-state index contributed by atoms with van der Waals surface area (Å²) in [6.45, 7) is -0.0896. The van der Waals surface area contributed by atoms with Crippen molar-refractivity contribution >= 4 is 27.1 Å². The molecule has 2 aromatic carbocycles. The number of benzene rings is 2. The number of nitrogens with two attached hydrogens (primary N) is 2. The van der Waals surface area contributed by atoms with Gasteiger partial charge >= 0.3 is 0 Å². The Labute approximate surface area is 228 Å². The van der Waals surface area contributed by atoms with Gasteiger partial charge in [0.25, 0.3) is 10.2 Å². The van der Waals surface area contributed by atoms with Gasteiger partial charge in [0.2, 0.25) is 0 Å². The van der Waals surface area contributed by atoms with Crippen LogP contribution in [0.3, 0.4) is 0 Å². The van der Waals surface area contributed by atoms with Crippen molar-refractivity contribution < 1.29 is 32.5 Å². The number of anilines is 1. The summed E-state index contributed by atoms with van der Waals surface area (Å²) in [6.07, 6.45) is -2.50. The molecule has 0 aliphatic carbocycles. The second-order valence-electron chi connectivity index (χ2n) is 9.01. The number of nitrogen functional groups attached to an aromatic ring is 1. The third-order valence-corrected chi connectivity index (χ3v) is 6.83. The molecule has 1 aliphatic rings. The number of aliphatic hydroxyl groups is 2. The van der Waals surface area contributed by atoms with Gasteiger partial charge in [-0.15, -0.1) is 0 Å². The van der Waals surface area contributed by atoms with Gasteiger partial charge in [0, 0.05) is 18.8 Å². The molecule has 5 rings (SSSR count). The highest BCUT2D eigenvalue weighted by atomic mass is 32.2. The Kier molecular flexibility index (Phi) is 7.68. The Hall–Kier alpha value is -4.10. The van der Waals surface area contributed by atoms with Crippen molar-refractivity contribution in [1.29, 1.82) is 0 Å². The molecule has 7 N–H and O–H groups in total. The molecule has 0 spiro atoms. The van der Waals surface area contributed by atoms with E-state index in [2.05, 4.69) is 21.8 Å². The first-order valence-corrected chi connectivity index (χ1v) is 13.5. The van der Waals surface area contributed by atoms with E-state index in [-0.39, 0.29) is 30.2 Å². The highest BCUT2D eigenvalue weighted by Crippen LogP contribution is 2.34. The molecule has 208 valence electrons. The van der Waals surface area contributed by atoms with Crippen LogP contribution in [0.2, 0.25) is 0 Å². The van der Waals surface area contributed by atoms with E-state index in [0.717, 1.165) is 5.56 Å². The van der Waals surface area contributed by atoms with Crippen LogP contribution in [0.1, 0.15) is 22.9 Å². The number of nitrogens with one attached hydrogen (secondary N) is 1. The van der Waals surface area contributed by atoms with Crippen molar-refractivity contribution in [3.8, 4) is 17.6 Å². The van der Waals surface area contributed by atoms with Crippen molar-refractivity contribution in [2.45, 2.75) is 31.1 Å². The van der Waals surface area contributed by atoms with Crippen LogP contribution in [0.25, 0.3) is 11.0 Å². The van der Waals surface area contributed by atoms with E-state index in [1.165, 1.54) is 29.2 Å². The van der Waals surface area contributed by atoms with Crippen molar-refractivity contribution in [3.63, 3.8) is 0 Å². The molecule has 0 bridgehead atoms. The fourth-order valence-electron chi connectivity index (χ4n) is 4.29. The lowest BCUT2D eigenvalue weighted by molar-refractivity contribution is -0.0327. The Balaban J connectivity index is 1.41. The van der Waals surface area contributed by atoms with E-state index < -0.39 is 40.6 Å². The minimum Gasteiger partial charge on any atom is -0.489 e. The molecule has 0 radical (unpaired) electrons. The summed E-state index contributed by atoms with van der Waals surface area (Å²) in [6, 6.07) is 13.8. The van der Waals surface area contributed by atoms with Gasteiger partial charge in [-0.3, -0.25) is 0 Å². The summed E-state index contributed by atoms with van der Waals surface area (Å²) in [5.74, 6) is 5.48. The van der Waals surface area contributed by atoms with Crippen LogP contribution < -0.4 is 20.3 Å². The maximum absolute atomic E-state index is 14.8. The van der Waals surface area contributed by atoms with Crippen LogP contribution in [0, 0.1) is 17.7 Å². The number of fused-ring (bicyclic) bond motifs is 1. The van der Waals surface area contributed by atoms with E-state index >= 15 is 0 Å². The molecule has 4 atom stereocenters. The molecule has 0 amide bonds. The first-order chi connectivity index (χ1) is 19.1. The first-order valence-electron chi connectivity index (χ1n) is 12.0. The summed E-state index contributed by atoms with van der Waals surface area (Å²) < 4.78 is 52.2. The molecule has 2 aromatic heterocycles. The largest absolute Gasteiger partial charge is 0.489 e. The highest BCUT2D eigenvalue weighted by Gasteiger charge is 2.44. The van der Waals surface area contributed by atoms with Crippen LogP contribution in [0.4, 0.5) is 10.2 Å². The summed E-state index contributed by atoms with van der Waals surface area (Å²) in [5.41, 5.74) is 7.68. The zero-order valence-electron chi connectivity index (χ0n) is 20.8. The topological polar surface area (TPSA) is 188 Å². The molecular formula is C26H25FN6O6S. The second kappa shape index (κ2) is 11.2. The minimum absolute atomic E-state index is 0.0821. The van der Waals surface area contributed by atoms with E-state index in [1.807, 2.05) is 35.1 Å². The summed E-state index contributed by atoms with van der Waals surface area (Å²) in [5, 5.41) is 26.4. The van der Waals surface area contributed by atoms with Gasteiger partial charge in [-0.1, -0.05) is 42.2 Å². The van der Waals surface area contributed by atoms with Crippen LogP contribution in [0.5, 0.6) is 5.75 Å².